The van der Waals surface area contributed by atoms with Crippen LogP contribution in [0.1, 0.15) is 19.4 Å². The molecule has 1 aromatic rings. The summed E-state index contributed by atoms with van der Waals surface area (Å²) in [6.07, 6.45) is -0.773. The first-order valence-electron chi connectivity index (χ1n) is 5.33. The SMILES string of the molecule is CC(=N)/C(=N\NC(C)O)OCc1ccccc1. The van der Waals surface area contributed by atoms with Crippen LogP contribution in [-0.4, -0.2) is 22.9 Å². The molecular weight excluding hydrogens is 218 g/mol. The van der Waals surface area contributed by atoms with Crippen molar-refractivity contribution in [2.24, 2.45) is 5.10 Å². The molecule has 0 heterocycles. The smallest absolute Gasteiger partial charge is 0.251 e. The number of hydrogen-bond donors (Lipinski definition) is 3. The number of ether oxygens (including phenoxy) is 1. The molecule has 0 aliphatic carbocycles. The van der Waals surface area contributed by atoms with Crippen molar-refractivity contribution < 1.29 is 9.84 Å². The molecule has 1 atom stereocenters. The molecule has 1 unspecified atom stereocenters. The van der Waals surface area contributed by atoms with Gasteiger partial charge in [0.1, 0.15) is 12.8 Å². The van der Waals surface area contributed by atoms with E-state index in [1.807, 2.05) is 30.3 Å². The zero-order valence-corrected chi connectivity index (χ0v) is 9.97. The monoisotopic (exact) mass is 235 g/mol. The summed E-state index contributed by atoms with van der Waals surface area (Å²) >= 11 is 0. The van der Waals surface area contributed by atoms with E-state index >= 15 is 0 Å². The highest BCUT2D eigenvalue weighted by atomic mass is 16.5. The molecule has 0 aromatic heterocycles. The summed E-state index contributed by atoms with van der Waals surface area (Å²) in [6.45, 7) is 3.46. The van der Waals surface area contributed by atoms with Crippen LogP contribution in [0.25, 0.3) is 0 Å². The van der Waals surface area contributed by atoms with Crippen LogP contribution in [0.15, 0.2) is 35.4 Å². The zero-order chi connectivity index (χ0) is 12.7. The lowest BCUT2D eigenvalue weighted by molar-refractivity contribution is 0.156. The van der Waals surface area contributed by atoms with Crippen molar-refractivity contribution in [3.05, 3.63) is 35.9 Å². The van der Waals surface area contributed by atoms with E-state index < -0.39 is 6.23 Å². The van der Waals surface area contributed by atoms with Gasteiger partial charge in [-0.2, -0.15) is 0 Å². The van der Waals surface area contributed by atoms with Crippen molar-refractivity contribution >= 4 is 11.6 Å². The van der Waals surface area contributed by atoms with E-state index in [2.05, 4.69) is 10.5 Å². The number of hydrazone groups is 1. The molecule has 1 aromatic carbocycles. The van der Waals surface area contributed by atoms with Gasteiger partial charge >= 0.3 is 0 Å². The van der Waals surface area contributed by atoms with Crippen molar-refractivity contribution in [1.82, 2.24) is 5.43 Å². The lowest BCUT2D eigenvalue weighted by atomic mass is 10.2. The maximum Gasteiger partial charge on any atom is 0.251 e. The first-order valence-corrected chi connectivity index (χ1v) is 5.33. The Bertz CT molecular complexity index is 388. The molecule has 1 rings (SSSR count). The summed E-state index contributed by atoms with van der Waals surface area (Å²) in [6, 6.07) is 9.62. The van der Waals surface area contributed by atoms with Gasteiger partial charge in [0.15, 0.2) is 0 Å². The predicted molar refractivity (Wildman–Crippen MR) is 66.9 cm³/mol. The van der Waals surface area contributed by atoms with Gasteiger partial charge in [-0.3, -0.25) is 10.8 Å². The molecule has 5 heteroatoms. The van der Waals surface area contributed by atoms with Crippen molar-refractivity contribution in [2.75, 3.05) is 0 Å². The Morgan fingerprint density at radius 1 is 1.47 bits per heavy atom. The third-order valence-electron chi connectivity index (χ3n) is 1.89. The first-order chi connectivity index (χ1) is 8.09. The van der Waals surface area contributed by atoms with Gasteiger partial charge in [-0.05, 0) is 19.4 Å². The molecule has 0 spiro atoms. The summed E-state index contributed by atoms with van der Waals surface area (Å²) < 4.78 is 5.39. The van der Waals surface area contributed by atoms with Gasteiger partial charge in [0.05, 0.1) is 5.71 Å². The Kier molecular flexibility index (Phi) is 5.16. The quantitative estimate of drug-likeness (QED) is 0.313. The van der Waals surface area contributed by atoms with Gasteiger partial charge in [-0.25, -0.2) is 0 Å². The molecule has 92 valence electrons. The fourth-order valence-corrected chi connectivity index (χ4v) is 1.10. The Hall–Kier alpha value is -1.88. The largest absolute Gasteiger partial charge is 0.471 e. The second kappa shape index (κ2) is 6.65. The number of nitrogens with one attached hydrogen (secondary N) is 2. The average Bonchev–Trinajstić information content (AvgIpc) is 2.29. The number of benzene rings is 1. The first kappa shape index (κ1) is 13.2. The molecule has 0 aliphatic rings. The van der Waals surface area contributed by atoms with Gasteiger partial charge < -0.3 is 9.84 Å². The standard InChI is InChI=1S/C12H17N3O2/c1-9(13)12(15-14-10(2)16)17-8-11-6-4-3-5-7-11/h3-7,10,13-14,16H,8H2,1-2H3/b13-9?,15-12+. The second-order valence-corrected chi connectivity index (χ2v) is 3.62. The lowest BCUT2D eigenvalue weighted by Gasteiger charge is -2.09. The van der Waals surface area contributed by atoms with Crippen LogP contribution in [0.5, 0.6) is 0 Å². The van der Waals surface area contributed by atoms with E-state index in [1.54, 1.807) is 6.92 Å². The highest BCUT2D eigenvalue weighted by Gasteiger charge is 2.04. The van der Waals surface area contributed by atoms with Crippen molar-refractivity contribution in [3.8, 4) is 0 Å². The Morgan fingerprint density at radius 3 is 2.65 bits per heavy atom. The number of aliphatic hydroxyl groups excluding tert-OH is 1. The lowest BCUT2D eigenvalue weighted by Crippen LogP contribution is -2.25. The third-order valence-corrected chi connectivity index (χ3v) is 1.89. The molecule has 0 amide bonds. The van der Waals surface area contributed by atoms with Crippen LogP contribution in [0, 0.1) is 5.41 Å². The number of hydrogen-bond acceptors (Lipinski definition) is 5. The van der Waals surface area contributed by atoms with E-state index in [9.17, 15) is 0 Å². The predicted octanol–water partition coefficient (Wildman–Crippen LogP) is 1.48. The Morgan fingerprint density at radius 2 is 2.12 bits per heavy atom. The molecule has 0 saturated heterocycles. The van der Waals surface area contributed by atoms with Crippen molar-refractivity contribution in [2.45, 2.75) is 26.7 Å². The molecule has 5 nitrogen and oxygen atoms in total. The fourth-order valence-electron chi connectivity index (χ4n) is 1.10. The second-order valence-electron chi connectivity index (χ2n) is 3.62. The summed E-state index contributed by atoms with van der Waals surface area (Å²) in [5, 5.41) is 20.3. The molecular formula is C12H17N3O2. The molecule has 0 fully saturated rings. The van der Waals surface area contributed by atoms with Gasteiger partial charge in [-0.15, -0.1) is 5.10 Å². The summed E-state index contributed by atoms with van der Waals surface area (Å²) in [5.41, 5.74) is 3.64. The molecule has 0 aliphatic heterocycles. The Balaban J connectivity index is 2.56. The molecule has 3 N–H and O–H groups in total. The van der Waals surface area contributed by atoms with E-state index in [0.717, 1.165) is 5.56 Å². The maximum atomic E-state index is 9.02. The van der Waals surface area contributed by atoms with E-state index in [4.69, 9.17) is 15.3 Å². The minimum Gasteiger partial charge on any atom is -0.471 e. The van der Waals surface area contributed by atoms with Crippen molar-refractivity contribution in [1.29, 1.82) is 5.41 Å². The topological polar surface area (TPSA) is 77.7 Å². The van der Waals surface area contributed by atoms with Crippen LogP contribution >= 0.6 is 0 Å². The molecule has 17 heavy (non-hydrogen) atoms. The highest BCUT2D eigenvalue weighted by Crippen LogP contribution is 2.01. The minimum atomic E-state index is -0.773. The van der Waals surface area contributed by atoms with Gasteiger partial charge in [0.2, 0.25) is 0 Å². The average molecular weight is 235 g/mol. The summed E-state index contributed by atoms with van der Waals surface area (Å²) in [5.74, 6) is 0.176. The highest BCUT2D eigenvalue weighted by molar-refractivity contribution is 6.36. The summed E-state index contributed by atoms with van der Waals surface area (Å²) in [7, 11) is 0. The van der Waals surface area contributed by atoms with Crippen LogP contribution in [0.3, 0.4) is 0 Å². The van der Waals surface area contributed by atoms with Crippen LogP contribution in [0.2, 0.25) is 0 Å². The van der Waals surface area contributed by atoms with E-state index in [-0.39, 0.29) is 11.6 Å². The van der Waals surface area contributed by atoms with Gasteiger partial charge in [0, 0.05) is 0 Å². The van der Waals surface area contributed by atoms with E-state index in [1.165, 1.54) is 6.92 Å². The van der Waals surface area contributed by atoms with Gasteiger partial charge in [0.25, 0.3) is 5.90 Å². The third kappa shape index (κ3) is 5.12. The van der Waals surface area contributed by atoms with Crippen LogP contribution in [0.4, 0.5) is 0 Å². The fraction of sp³-hybridized carbons (Fsp3) is 0.333. The molecule has 0 bridgehead atoms. The van der Waals surface area contributed by atoms with Crippen LogP contribution in [-0.2, 0) is 11.3 Å². The van der Waals surface area contributed by atoms with Crippen molar-refractivity contribution in [3.63, 3.8) is 0 Å². The molecule has 0 radical (unpaired) electrons. The number of rotatable bonds is 5. The number of aliphatic hydroxyl groups is 1. The molecule has 0 saturated carbocycles. The Labute approximate surface area is 101 Å². The normalized spacial score (nSPS) is 13.0. The number of nitrogens with zero attached hydrogens (tertiary/aromatic N) is 1. The minimum absolute atomic E-state index is 0.176. The van der Waals surface area contributed by atoms with E-state index in [0.29, 0.717) is 6.61 Å². The van der Waals surface area contributed by atoms with Gasteiger partial charge in [-0.1, -0.05) is 30.3 Å². The zero-order valence-electron chi connectivity index (χ0n) is 9.97. The summed E-state index contributed by atoms with van der Waals surface area (Å²) in [4.78, 5) is 0. The maximum absolute atomic E-state index is 9.02. The van der Waals surface area contributed by atoms with Crippen LogP contribution < -0.4 is 5.43 Å².